The quantitative estimate of drug-likeness (QED) is 0.182. The third kappa shape index (κ3) is 6.19. The van der Waals surface area contributed by atoms with Gasteiger partial charge in [-0.05, 0) is 108 Å². The molecule has 16 nitrogen and oxygen atoms in total. The van der Waals surface area contributed by atoms with Crippen LogP contribution in [-0.4, -0.2) is 115 Å². The molecule has 2 saturated carbocycles. The lowest BCUT2D eigenvalue weighted by molar-refractivity contribution is -0.337. The summed E-state index contributed by atoms with van der Waals surface area (Å²) in [7, 11) is 1.43. The van der Waals surface area contributed by atoms with Crippen LogP contribution >= 0.6 is 0 Å². The number of anilines is 1. The maximum atomic E-state index is 14.6. The van der Waals surface area contributed by atoms with E-state index in [1.807, 2.05) is 43.8 Å². The molecule has 5 fully saturated rings. The Bertz CT molecular complexity index is 2070. The molecule has 1 aromatic heterocycles. The van der Waals surface area contributed by atoms with Crippen LogP contribution < -0.4 is 16.5 Å². The number of nitrogens with one attached hydrogen (secondary N) is 2. The van der Waals surface area contributed by atoms with Crippen molar-refractivity contribution >= 4 is 29.6 Å². The number of fused-ring (bicyclic) bond motifs is 3. The average molecular weight is 860 g/mol. The van der Waals surface area contributed by atoms with Crippen LogP contribution in [0.1, 0.15) is 118 Å². The standard InChI is InChI=1S/C46H69N9O7/c1-9-42(7,27-53-26-30(50-51-53)24-48-38(58)33-17-14-22-54(33)40(60)62-41(4,5)6)45(23-36(57)49-32-16-13-12-15-31(32)45)46-43(10-2,28-52(46)11-3)35-20-21-44(35)29(25-55(46)47)18-19-34(56)37(44)39(59)61-8/h12-13,15-16,26,29,33-35,37,56H,9-11,14,17-25,27-28,47H2,1-8H3,(H,48,58)(H,49,57)/t29-,33-,34-,35?,37+,42?,43?,44-,45-,46-/m0/s1. The number of para-hydroxylation sites is 1. The van der Waals surface area contributed by atoms with Crippen molar-refractivity contribution in [1.29, 1.82) is 0 Å². The molecule has 3 unspecified atom stereocenters. The van der Waals surface area contributed by atoms with Crippen LogP contribution in [0.5, 0.6) is 0 Å². The molecule has 2 aromatic rings. The molecule has 0 bridgehead atoms. The van der Waals surface area contributed by atoms with E-state index in [0.29, 0.717) is 57.6 Å². The number of nitrogens with zero attached hydrogens (tertiary/aromatic N) is 6. The molecule has 10 atom stereocenters. The van der Waals surface area contributed by atoms with Crippen molar-refractivity contribution in [3.8, 4) is 0 Å². The van der Waals surface area contributed by atoms with Crippen molar-refractivity contribution in [3.63, 3.8) is 0 Å². The Labute approximate surface area is 365 Å². The summed E-state index contributed by atoms with van der Waals surface area (Å²) < 4.78 is 12.9. The molecule has 0 radical (unpaired) electrons. The summed E-state index contributed by atoms with van der Waals surface area (Å²) in [5, 5.41) is 29.2. The smallest absolute Gasteiger partial charge is 0.410 e. The first-order valence-electron chi connectivity index (χ1n) is 23.0. The van der Waals surface area contributed by atoms with Crippen molar-refractivity contribution in [2.45, 2.75) is 148 Å². The predicted octanol–water partition coefficient (Wildman–Crippen LogP) is 4.56. The summed E-state index contributed by atoms with van der Waals surface area (Å²) in [5.74, 6) is 6.56. The number of carbonyl (C=O) groups is 4. The van der Waals surface area contributed by atoms with Gasteiger partial charge in [0, 0.05) is 54.5 Å². The van der Waals surface area contributed by atoms with Crippen LogP contribution in [0.15, 0.2) is 30.5 Å². The number of ether oxygens (including phenoxy) is 2. The number of esters is 1. The number of likely N-dealkylation sites (N-methyl/N-ethyl adjacent to an activating group) is 1. The summed E-state index contributed by atoms with van der Waals surface area (Å²) in [5.41, 5.74) is -1.82. The van der Waals surface area contributed by atoms with Crippen molar-refractivity contribution < 1.29 is 33.8 Å². The van der Waals surface area contributed by atoms with Crippen LogP contribution in [0.2, 0.25) is 0 Å². The van der Waals surface area contributed by atoms with E-state index in [1.165, 1.54) is 12.0 Å². The second-order valence-corrected chi connectivity index (χ2v) is 20.4. The number of aliphatic hydroxyl groups excluding tert-OH is 1. The number of hydrazine groups is 1. The number of benzene rings is 1. The van der Waals surface area contributed by atoms with Crippen LogP contribution in [0, 0.1) is 34.0 Å². The van der Waals surface area contributed by atoms with Crippen molar-refractivity contribution in [2.75, 3.05) is 38.6 Å². The molecule has 1 aromatic carbocycles. The topological polar surface area (TPSA) is 197 Å². The van der Waals surface area contributed by atoms with Gasteiger partial charge >= 0.3 is 12.1 Å². The Morgan fingerprint density at radius 2 is 1.84 bits per heavy atom. The zero-order valence-corrected chi connectivity index (χ0v) is 38.0. The molecule has 340 valence electrons. The highest BCUT2D eigenvalue weighted by atomic mass is 16.6. The van der Waals surface area contributed by atoms with Gasteiger partial charge in [-0.1, -0.05) is 51.1 Å². The summed E-state index contributed by atoms with van der Waals surface area (Å²) in [6.07, 6.45) is 6.33. The molecule has 8 rings (SSSR count). The van der Waals surface area contributed by atoms with Gasteiger partial charge < -0.3 is 25.2 Å². The third-order valence-electron chi connectivity index (χ3n) is 16.9. The van der Waals surface area contributed by atoms with Gasteiger partial charge in [0.1, 0.15) is 23.0 Å². The van der Waals surface area contributed by atoms with E-state index < -0.39 is 57.1 Å². The Morgan fingerprint density at radius 1 is 1.08 bits per heavy atom. The highest BCUT2D eigenvalue weighted by Crippen LogP contribution is 2.79. The fourth-order valence-corrected chi connectivity index (χ4v) is 14.4. The van der Waals surface area contributed by atoms with Crippen LogP contribution in [0.4, 0.5) is 10.5 Å². The molecular weight excluding hydrogens is 791 g/mol. The first-order chi connectivity index (χ1) is 29.4. The lowest BCUT2D eigenvalue weighted by Gasteiger charge is -2.81. The van der Waals surface area contributed by atoms with Gasteiger partial charge in [-0.15, -0.1) is 5.10 Å². The summed E-state index contributed by atoms with van der Waals surface area (Å²) in [6, 6.07) is 7.54. The summed E-state index contributed by atoms with van der Waals surface area (Å²) in [6.45, 7) is 17.2. The fourth-order valence-electron chi connectivity index (χ4n) is 14.4. The number of hydrogen-bond acceptors (Lipinski definition) is 12. The fraction of sp³-hybridized carbons (Fsp3) is 0.739. The summed E-state index contributed by atoms with van der Waals surface area (Å²) >= 11 is 0. The van der Waals surface area contributed by atoms with E-state index >= 15 is 0 Å². The second kappa shape index (κ2) is 15.8. The number of nitrogens with two attached hydrogens (primary N) is 1. The van der Waals surface area contributed by atoms with Gasteiger partial charge in [-0.3, -0.25) is 34.7 Å². The molecule has 4 aliphatic heterocycles. The lowest BCUT2D eigenvalue weighted by Crippen LogP contribution is -2.92. The maximum Gasteiger partial charge on any atom is 0.410 e. The van der Waals surface area contributed by atoms with Gasteiger partial charge in [-0.25, -0.2) is 9.80 Å². The molecule has 62 heavy (non-hydrogen) atoms. The zero-order valence-electron chi connectivity index (χ0n) is 38.0. The molecule has 5 N–H and O–H groups in total. The van der Waals surface area contributed by atoms with Crippen molar-refractivity contribution in [1.82, 2.24) is 35.1 Å². The SMILES string of the molecule is CCN1CC2(CC)C3CC[C@]34[C@@H](CC[C@H](O)[C@@H]4C(=O)OC)CN(N)[C@@]12[C@@]1(C(C)(CC)Cn2cc(CNC(=O)[C@@H]3CCCN3C(=O)OC(C)(C)C)nn2)CC(=O)Nc2ccccc21. The number of methoxy groups -OCH3 is 1. The Balaban J connectivity index is 1.20. The van der Waals surface area contributed by atoms with Crippen LogP contribution in [0.25, 0.3) is 0 Å². The van der Waals surface area contributed by atoms with E-state index in [0.717, 1.165) is 43.5 Å². The normalized spacial score (nSPS) is 35.4. The Hall–Kier alpha value is -4.12. The number of rotatable bonds is 11. The largest absolute Gasteiger partial charge is 0.469 e. The number of amides is 3. The molecule has 5 heterocycles. The first-order valence-corrected chi connectivity index (χ1v) is 23.0. The van der Waals surface area contributed by atoms with Gasteiger partial charge in [0.15, 0.2) is 0 Å². The monoisotopic (exact) mass is 860 g/mol. The zero-order chi connectivity index (χ0) is 44.6. The first kappa shape index (κ1) is 44.5. The highest BCUT2D eigenvalue weighted by Gasteiger charge is 2.85. The van der Waals surface area contributed by atoms with Gasteiger partial charge in [0.25, 0.3) is 0 Å². The number of hydrogen-bond donors (Lipinski definition) is 4. The Morgan fingerprint density at radius 3 is 2.50 bits per heavy atom. The lowest BCUT2D eigenvalue weighted by atomic mass is 9.33. The number of aromatic nitrogens is 3. The van der Waals surface area contributed by atoms with E-state index in [9.17, 15) is 24.3 Å². The molecular formula is C46H69N9O7. The average Bonchev–Trinajstić information content (AvgIpc) is 3.89. The molecule has 16 heteroatoms. The van der Waals surface area contributed by atoms with Crippen molar-refractivity contribution in [2.24, 2.45) is 39.8 Å². The Kier molecular flexibility index (Phi) is 11.4. The minimum Gasteiger partial charge on any atom is -0.469 e. The van der Waals surface area contributed by atoms with Crippen LogP contribution in [0.3, 0.4) is 0 Å². The summed E-state index contributed by atoms with van der Waals surface area (Å²) in [4.78, 5) is 59.0. The van der Waals surface area contributed by atoms with Crippen LogP contribution in [-0.2, 0) is 42.4 Å². The number of likely N-dealkylation sites (tertiary alicyclic amines) is 2. The van der Waals surface area contributed by atoms with E-state index in [-0.39, 0.29) is 42.6 Å². The van der Waals surface area contributed by atoms with E-state index in [2.05, 4.69) is 70.7 Å². The molecule has 1 spiro atoms. The molecule has 2 aliphatic carbocycles. The predicted molar refractivity (Wildman–Crippen MR) is 231 cm³/mol. The van der Waals surface area contributed by atoms with Gasteiger partial charge in [0.05, 0.1) is 31.9 Å². The number of aliphatic hydroxyl groups is 1. The van der Waals surface area contributed by atoms with E-state index in [1.54, 1.807) is 0 Å². The minimum atomic E-state index is -0.926. The van der Waals surface area contributed by atoms with E-state index in [4.69, 9.17) is 15.3 Å². The molecule has 6 aliphatic rings. The number of carbonyl (C=O) groups excluding carboxylic acids is 4. The van der Waals surface area contributed by atoms with Gasteiger partial charge in [0.2, 0.25) is 11.8 Å². The highest BCUT2D eigenvalue weighted by molar-refractivity contribution is 5.96. The molecule has 3 saturated heterocycles. The molecule has 3 amide bonds. The van der Waals surface area contributed by atoms with Gasteiger partial charge in [-0.2, -0.15) is 0 Å². The third-order valence-corrected chi connectivity index (χ3v) is 16.9. The maximum absolute atomic E-state index is 14.6. The van der Waals surface area contributed by atoms with Crippen molar-refractivity contribution in [3.05, 3.63) is 41.7 Å². The minimum absolute atomic E-state index is 0.0308. The second-order valence-electron chi connectivity index (χ2n) is 20.4.